The third-order valence-corrected chi connectivity index (χ3v) is 7.42. The number of hydrogen-bond acceptors (Lipinski definition) is 7. The van der Waals surface area contributed by atoms with Crippen LogP contribution in [0.4, 0.5) is 4.39 Å². The van der Waals surface area contributed by atoms with Gasteiger partial charge in [-0.15, -0.1) is 0 Å². The largest absolute Gasteiger partial charge is 0.481 e. The van der Waals surface area contributed by atoms with Crippen LogP contribution >= 0.6 is 0 Å². The maximum Gasteiger partial charge on any atom is 0.338 e. The number of hydrogen-bond donors (Lipinski definition) is 4. The molecule has 4 N–H and O–H groups in total. The van der Waals surface area contributed by atoms with Crippen molar-refractivity contribution >= 4 is 11.9 Å². The minimum Gasteiger partial charge on any atom is -0.481 e. The van der Waals surface area contributed by atoms with Crippen LogP contribution < -0.4 is 0 Å². The number of esters is 1. The van der Waals surface area contributed by atoms with Gasteiger partial charge in [0.25, 0.3) is 0 Å². The first kappa shape index (κ1) is 30.0. The van der Waals surface area contributed by atoms with Gasteiger partial charge in [0.15, 0.2) is 5.60 Å². The summed E-state index contributed by atoms with van der Waals surface area (Å²) in [5, 5.41) is 39.6. The summed E-state index contributed by atoms with van der Waals surface area (Å²) in [7, 11) is 0. The van der Waals surface area contributed by atoms with E-state index in [-0.39, 0.29) is 43.0 Å². The van der Waals surface area contributed by atoms with Crippen molar-refractivity contribution in [3.8, 4) is 0 Å². The molecule has 210 valence electrons. The van der Waals surface area contributed by atoms with E-state index in [1.54, 1.807) is 32.1 Å². The molecule has 9 heteroatoms. The van der Waals surface area contributed by atoms with Crippen molar-refractivity contribution in [2.45, 2.75) is 89.5 Å². The zero-order chi connectivity index (χ0) is 28.0. The molecule has 0 fully saturated rings. The molecule has 0 aliphatic heterocycles. The molecule has 0 saturated carbocycles. The fourth-order valence-corrected chi connectivity index (χ4v) is 5.27. The average molecular weight is 535 g/mol. The highest BCUT2D eigenvalue weighted by Gasteiger charge is 2.44. The Morgan fingerprint density at radius 2 is 1.84 bits per heavy atom. The van der Waals surface area contributed by atoms with Gasteiger partial charge in [-0.3, -0.25) is 4.79 Å². The molecule has 2 aliphatic rings. The number of allylic oxidation sites excluding steroid dienone is 2. The number of rotatable bonds is 12. The third-order valence-electron chi connectivity index (χ3n) is 7.42. The van der Waals surface area contributed by atoms with E-state index in [2.05, 4.69) is 0 Å². The van der Waals surface area contributed by atoms with Gasteiger partial charge in [-0.2, -0.15) is 0 Å². The molecule has 0 aromatic heterocycles. The first-order valence-corrected chi connectivity index (χ1v) is 13.1. The van der Waals surface area contributed by atoms with Gasteiger partial charge in [-0.25, -0.2) is 9.18 Å². The molecule has 0 saturated heterocycles. The number of ether oxygens (including phenoxy) is 2. The maximum atomic E-state index is 13.2. The lowest BCUT2D eigenvalue weighted by Crippen LogP contribution is -2.46. The normalized spacial score (nSPS) is 26.7. The first-order chi connectivity index (χ1) is 17.9. The van der Waals surface area contributed by atoms with E-state index in [0.29, 0.717) is 18.4 Å². The van der Waals surface area contributed by atoms with Crippen LogP contribution in [0.25, 0.3) is 0 Å². The monoisotopic (exact) mass is 534 g/mol. The SMILES string of the molecule is C[C@@H]1C=CC2=C[C@@H](O)C[C@H](OC(=O)C(C)(C)OCc3ccc(F)cc3)[C@@H]2[C@H]1CC[C@@H](O)C[C@@H](O)CC(=O)O. The average Bonchev–Trinajstić information content (AvgIpc) is 2.82. The third kappa shape index (κ3) is 8.20. The van der Waals surface area contributed by atoms with Crippen LogP contribution in [-0.4, -0.2) is 62.4 Å². The van der Waals surface area contributed by atoms with Crippen LogP contribution in [0.2, 0.25) is 0 Å². The summed E-state index contributed by atoms with van der Waals surface area (Å²) in [5.74, 6) is -2.16. The van der Waals surface area contributed by atoms with Gasteiger partial charge < -0.3 is 29.9 Å². The second-order valence-corrected chi connectivity index (χ2v) is 11.0. The zero-order valence-corrected chi connectivity index (χ0v) is 22.1. The Morgan fingerprint density at radius 1 is 1.16 bits per heavy atom. The summed E-state index contributed by atoms with van der Waals surface area (Å²) in [4.78, 5) is 24.0. The van der Waals surface area contributed by atoms with E-state index in [0.717, 1.165) is 5.57 Å². The Bertz CT molecular complexity index is 1020. The standard InChI is InChI=1S/C29H39FO8/c1-17-4-7-19-12-22(32)14-25(27(19)24(17)11-10-21(31)13-23(33)15-26(34)35)38-28(36)29(2,3)37-16-18-5-8-20(30)9-6-18/h4-9,12,17,21-25,27,31-33H,10-11,13-16H2,1-3H3,(H,34,35)/t17-,21-,22-,23-,24+,25+,27+/m1/s1. The highest BCUT2D eigenvalue weighted by Crippen LogP contribution is 2.44. The molecular formula is C29H39FO8. The van der Waals surface area contributed by atoms with Crippen LogP contribution in [0.15, 0.2) is 48.1 Å². The van der Waals surface area contributed by atoms with Gasteiger partial charge in [-0.05, 0) is 68.2 Å². The lowest BCUT2D eigenvalue weighted by atomic mass is 9.66. The van der Waals surface area contributed by atoms with E-state index in [9.17, 15) is 29.3 Å². The van der Waals surface area contributed by atoms with Crippen LogP contribution in [0.1, 0.15) is 58.4 Å². The van der Waals surface area contributed by atoms with E-state index in [1.165, 1.54) is 12.1 Å². The minimum atomic E-state index is -1.29. The van der Waals surface area contributed by atoms with Crippen molar-refractivity contribution in [1.82, 2.24) is 0 Å². The molecule has 38 heavy (non-hydrogen) atoms. The lowest BCUT2D eigenvalue weighted by molar-refractivity contribution is -0.180. The molecular weight excluding hydrogens is 495 g/mol. The summed E-state index contributed by atoms with van der Waals surface area (Å²) in [6.45, 7) is 5.35. The predicted molar refractivity (Wildman–Crippen MR) is 137 cm³/mol. The molecule has 8 nitrogen and oxygen atoms in total. The van der Waals surface area contributed by atoms with Crippen molar-refractivity contribution in [3.05, 3.63) is 59.4 Å². The lowest BCUT2D eigenvalue weighted by Gasteiger charge is -2.43. The molecule has 0 bridgehead atoms. The Kier molecular flexibility index (Phi) is 10.2. The molecule has 0 amide bonds. The molecule has 0 heterocycles. The topological polar surface area (TPSA) is 134 Å². The number of halogens is 1. The molecule has 0 radical (unpaired) electrons. The maximum absolute atomic E-state index is 13.2. The smallest absolute Gasteiger partial charge is 0.338 e. The molecule has 0 spiro atoms. The fourth-order valence-electron chi connectivity index (χ4n) is 5.27. The number of fused-ring (bicyclic) bond motifs is 1. The van der Waals surface area contributed by atoms with Gasteiger partial charge in [-0.1, -0.05) is 37.3 Å². The van der Waals surface area contributed by atoms with Crippen molar-refractivity contribution in [2.75, 3.05) is 0 Å². The van der Waals surface area contributed by atoms with E-state index < -0.39 is 48.4 Å². The summed E-state index contributed by atoms with van der Waals surface area (Å²) in [6.07, 6.45) is 3.03. The number of aliphatic hydroxyl groups excluding tert-OH is 3. The van der Waals surface area contributed by atoms with Crippen molar-refractivity contribution < 1.29 is 43.9 Å². The van der Waals surface area contributed by atoms with Crippen LogP contribution in [0.3, 0.4) is 0 Å². The van der Waals surface area contributed by atoms with Gasteiger partial charge in [0.05, 0.1) is 31.3 Å². The molecule has 3 rings (SSSR count). The van der Waals surface area contributed by atoms with Crippen molar-refractivity contribution in [3.63, 3.8) is 0 Å². The van der Waals surface area contributed by atoms with Crippen LogP contribution in [-0.2, 0) is 25.7 Å². The molecule has 7 atom stereocenters. The van der Waals surface area contributed by atoms with Gasteiger partial charge in [0.2, 0.25) is 0 Å². The number of carbonyl (C=O) groups excluding carboxylic acids is 1. The quantitative estimate of drug-likeness (QED) is 0.299. The number of benzene rings is 1. The van der Waals surface area contributed by atoms with Gasteiger partial charge >= 0.3 is 11.9 Å². The van der Waals surface area contributed by atoms with E-state index in [1.807, 2.05) is 19.1 Å². The van der Waals surface area contributed by atoms with Gasteiger partial charge in [0.1, 0.15) is 11.9 Å². The second-order valence-electron chi connectivity index (χ2n) is 11.0. The fraction of sp³-hybridized carbons (Fsp3) is 0.586. The van der Waals surface area contributed by atoms with Gasteiger partial charge in [0, 0.05) is 12.3 Å². The number of aliphatic carboxylic acids is 1. The summed E-state index contributed by atoms with van der Waals surface area (Å²) < 4.78 is 25.0. The van der Waals surface area contributed by atoms with Crippen molar-refractivity contribution in [2.24, 2.45) is 17.8 Å². The van der Waals surface area contributed by atoms with Crippen molar-refractivity contribution in [1.29, 1.82) is 0 Å². The Balaban J connectivity index is 1.67. The number of carboxylic acids is 1. The summed E-state index contributed by atoms with van der Waals surface area (Å²) >= 11 is 0. The second kappa shape index (κ2) is 13.0. The summed E-state index contributed by atoms with van der Waals surface area (Å²) in [6, 6.07) is 5.81. The van der Waals surface area contributed by atoms with Crippen LogP contribution in [0.5, 0.6) is 0 Å². The molecule has 1 aromatic rings. The number of carboxylic acid groups (broad SMARTS) is 1. The zero-order valence-electron chi connectivity index (χ0n) is 22.1. The molecule has 0 unspecified atom stereocenters. The Labute approximate surface area is 222 Å². The minimum absolute atomic E-state index is 0.00828. The van der Waals surface area contributed by atoms with E-state index in [4.69, 9.17) is 14.6 Å². The Morgan fingerprint density at radius 3 is 2.50 bits per heavy atom. The molecule has 1 aromatic carbocycles. The number of carbonyl (C=O) groups is 2. The highest BCUT2D eigenvalue weighted by molar-refractivity contribution is 5.78. The van der Waals surface area contributed by atoms with Crippen LogP contribution in [0, 0.1) is 23.6 Å². The van der Waals surface area contributed by atoms with E-state index >= 15 is 0 Å². The summed E-state index contributed by atoms with van der Waals surface area (Å²) in [5.41, 5.74) is 0.293. The highest BCUT2D eigenvalue weighted by atomic mass is 19.1. The Hall–Kier alpha value is -2.59. The first-order valence-electron chi connectivity index (χ1n) is 13.1. The number of aliphatic hydroxyl groups is 3. The predicted octanol–water partition coefficient (Wildman–Crippen LogP) is 3.53. The molecule has 2 aliphatic carbocycles.